The quantitative estimate of drug-likeness (QED) is 0.551. The summed E-state index contributed by atoms with van der Waals surface area (Å²) in [6, 6.07) is 14.4. The summed E-state index contributed by atoms with van der Waals surface area (Å²) in [5.41, 5.74) is 2.56. The van der Waals surface area contributed by atoms with Gasteiger partial charge in [0.15, 0.2) is 5.82 Å². The van der Waals surface area contributed by atoms with Gasteiger partial charge in [-0.1, -0.05) is 12.1 Å². The van der Waals surface area contributed by atoms with E-state index >= 15 is 0 Å². The fraction of sp³-hybridized carbons (Fsp3) is 0.0500. The van der Waals surface area contributed by atoms with Gasteiger partial charge in [0.05, 0.1) is 16.3 Å². The van der Waals surface area contributed by atoms with Crippen molar-refractivity contribution >= 4 is 26.7 Å². The van der Waals surface area contributed by atoms with E-state index in [2.05, 4.69) is 19.7 Å². The minimum absolute atomic E-state index is 0.00982. The van der Waals surface area contributed by atoms with Gasteiger partial charge in [-0.05, 0) is 55.0 Å². The highest BCUT2D eigenvalue weighted by Crippen LogP contribution is 2.28. The monoisotopic (exact) mass is 392 g/mol. The molecule has 0 aliphatic heterocycles. The molecule has 0 saturated heterocycles. The normalized spacial score (nSPS) is 11.5. The summed E-state index contributed by atoms with van der Waals surface area (Å²) in [6.45, 7) is 1.91. The van der Waals surface area contributed by atoms with E-state index in [4.69, 9.17) is 0 Å². The first-order valence-electron chi connectivity index (χ1n) is 8.44. The summed E-state index contributed by atoms with van der Waals surface area (Å²) < 4.78 is 28.1. The third-order valence-corrected chi connectivity index (χ3v) is 5.57. The number of phenolic OH excluding ortho intramolecular Hbond substituents is 1. The van der Waals surface area contributed by atoms with Gasteiger partial charge in [0.25, 0.3) is 10.0 Å². The van der Waals surface area contributed by atoms with Crippen LogP contribution >= 0.6 is 0 Å². The zero-order valence-corrected chi connectivity index (χ0v) is 15.7. The lowest BCUT2D eigenvalue weighted by Gasteiger charge is -2.12. The third-order valence-electron chi connectivity index (χ3n) is 4.22. The Morgan fingerprint density at radius 1 is 0.964 bits per heavy atom. The highest BCUT2D eigenvalue weighted by atomic mass is 32.2. The smallest absolute Gasteiger partial charge is 0.263 e. The number of aromatic hydroxyl groups is 1. The Labute approximate surface area is 161 Å². The average Bonchev–Trinajstić information content (AvgIpc) is 2.68. The van der Waals surface area contributed by atoms with Crippen LogP contribution in [-0.4, -0.2) is 28.5 Å². The maximum atomic E-state index is 12.8. The zero-order valence-electron chi connectivity index (χ0n) is 14.9. The summed E-state index contributed by atoms with van der Waals surface area (Å²) >= 11 is 0. The van der Waals surface area contributed by atoms with Gasteiger partial charge in [-0.2, -0.15) is 0 Å². The van der Waals surface area contributed by atoms with Gasteiger partial charge in [0.1, 0.15) is 11.3 Å². The fourth-order valence-corrected chi connectivity index (χ4v) is 3.85. The Hall–Kier alpha value is -3.52. The number of hydrogen-bond acceptors (Lipinski definition) is 6. The fourth-order valence-electron chi connectivity index (χ4n) is 2.84. The van der Waals surface area contributed by atoms with Crippen molar-refractivity contribution in [3.8, 4) is 17.1 Å². The van der Waals surface area contributed by atoms with E-state index < -0.39 is 10.0 Å². The van der Waals surface area contributed by atoms with Crippen LogP contribution in [0, 0.1) is 6.92 Å². The number of fused-ring (bicyclic) bond motifs is 1. The van der Waals surface area contributed by atoms with E-state index in [-0.39, 0.29) is 16.5 Å². The summed E-state index contributed by atoms with van der Waals surface area (Å²) in [5, 5.41) is 10.1. The van der Waals surface area contributed by atoms with E-state index in [1.807, 2.05) is 31.2 Å². The second kappa shape index (κ2) is 6.90. The van der Waals surface area contributed by atoms with Crippen LogP contribution < -0.4 is 4.72 Å². The molecule has 0 amide bonds. The third kappa shape index (κ3) is 3.37. The Balaban J connectivity index is 1.86. The van der Waals surface area contributed by atoms with Crippen molar-refractivity contribution in [2.75, 3.05) is 4.72 Å². The standard InChI is InChI=1S/C20H16N4O3S/c1-13-4-2-10-21-18(13)17-12-14-5-3-11-22-19(14)20(23-17)24-28(26,27)16-8-6-15(25)7-9-16/h2-12,25H,1H3,(H,23,24). The van der Waals surface area contributed by atoms with Crippen LogP contribution in [0.4, 0.5) is 5.82 Å². The molecule has 0 spiro atoms. The van der Waals surface area contributed by atoms with Crippen molar-refractivity contribution in [2.24, 2.45) is 0 Å². The summed E-state index contributed by atoms with van der Waals surface area (Å²) in [7, 11) is -3.91. The Morgan fingerprint density at radius 3 is 2.43 bits per heavy atom. The van der Waals surface area contributed by atoms with Crippen LogP contribution in [0.15, 0.2) is 71.9 Å². The molecule has 4 aromatic rings. The summed E-state index contributed by atoms with van der Waals surface area (Å²) in [6.07, 6.45) is 3.24. The van der Waals surface area contributed by atoms with Crippen molar-refractivity contribution in [3.63, 3.8) is 0 Å². The van der Waals surface area contributed by atoms with E-state index in [9.17, 15) is 13.5 Å². The lowest BCUT2D eigenvalue weighted by Crippen LogP contribution is -2.14. The molecule has 8 heteroatoms. The number of benzene rings is 1. The van der Waals surface area contributed by atoms with Gasteiger partial charge < -0.3 is 5.11 Å². The van der Waals surface area contributed by atoms with Crippen molar-refractivity contribution in [2.45, 2.75) is 11.8 Å². The number of pyridine rings is 3. The number of anilines is 1. The number of rotatable bonds is 4. The van der Waals surface area contributed by atoms with E-state index in [0.717, 1.165) is 10.9 Å². The van der Waals surface area contributed by atoms with Crippen LogP contribution in [0.3, 0.4) is 0 Å². The molecule has 3 aromatic heterocycles. The largest absolute Gasteiger partial charge is 0.508 e. The number of hydrogen-bond donors (Lipinski definition) is 2. The highest BCUT2D eigenvalue weighted by molar-refractivity contribution is 7.92. The Morgan fingerprint density at radius 2 is 1.68 bits per heavy atom. The molecule has 0 fully saturated rings. The molecule has 0 saturated carbocycles. The molecule has 28 heavy (non-hydrogen) atoms. The molecule has 4 rings (SSSR count). The Bertz CT molecular complexity index is 1270. The second-order valence-corrected chi connectivity index (χ2v) is 7.88. The molecule has 0 bridgehead atoms. The molecule has 0 aliphatic rings. The maximum absolute atomic E-state index is 12.8. The summed E-state index contributed by atoms with van der Waals surface area (Å²) in [4.78, 5) is 13.2. The van der Waals surface area contributed by atoms with Gasteiger partial charge in [-0.3, -0.25) is 14.7 Å². The van der Waals surface area contributed by atoms with E-state index in [1.54, 1.807) is 18.5 Å². The van der Waals surface area contributed by atoms with Gasteiger partial charge in [0, 0.05) is 17.8 Å². The minimum Gasteiger partial charge on any atom is -0.508 e. The van der Waals surface area contributed by atoms with Crippen LogP contribution in [-0.2, 0) is 10.0 Å². The topological polar surface area (TPSA) is 105 Å². The lowest BCUT2D eigenvalue weighted by molar-refractivity contribution is 0.475. The molecular weight excluding hydrogens is 376 g/mol. The van der Waals surface area contributed by atoms with Crippen LogP contribution in [0.1, 0.15) is 5.56 Å². The van der Waals surface area contributed by atoms with Gasteiger partial charge in [0.2, 0.25) is 0 Å². The van der Waals surface area contributed by atoms with E-state index in [0.29, 0.717) is 16.9 Å². The molecule has 2 N–H and O–H groups in total. The number of nitrogens with zero attached hydrogens (tertiary/aromatic N) is 3. The molecule has 0 atom stereocenters. The first kappa shape index (κ1) is 17.9. The predicted octanol–water partition coefficient (Wildman–Crippen LogP) is 3.51. The van der Waals surface area contributed by atoms with Gasteiger partial charge in [-0.15, -0.1) is 0 Å². The number of phenols is 1. The summed E-state index contributed by atoms with van der Waals surface area (Å²) in [5.74, 6) is 0.100. The second-order valence-electron chi connectivity index (χ2n) is 6.20. The van der Waals surface area contributed by atoms with Crippen LogP contribution in [0.25, 0.3) is 22.3 Å². The molecular formula is C20H16N4O3S. The molecule has 3 heterocycles. The highest BCUT2D eigenvalue weighted by Gasteiger charge is 2.19. The number of aromatic nitrogens is 3. The van der Waals surface area contributed by atoms with Gasteiger partial charge in [-0.25, -0.2) is 13.4 Å². The molecule has 0 aliphatic carbocycles. The number of nitrogens with one attached hydrogen (secondary N) is 1. The molecule has 140 valence electrons. The van der Waals surface area contributed by atoms with E-state index in [1.165, 1.54) is 24.3 Å². The first-order valence-corrected chi connectivity index (χ1v) is 9.92. The predicted molar refractivity (Wildman–Crippen MR) is 106 cm³/mol. The van der Waals surface area contributed by atoms with Crippen molar-refractivity contribution < 1.29 is 13.5 Å². The maximum Gasteiger partial charge on any atom is 0.263 e. The first-order chi connectivity index (χ1) is 13.4. The SMILES string of the molecule is Cc1cccnc1-c1cc2cccnc2c(NS(=O)(=O)c2ccc(O)cc2)n1. The average molecular weight is 392 g/mol. The molecule has 0 unspecified atom stereocenters. The van der Waals surface area contributed by atoms with Crippen molar-refractivity contribution in [1.29, 1.82) is 0 Å². The Kier molecular flexibility index (Phi) is 4.40. The molecule has 1 aromatic carbocycles. The zero-order chi connectivity index (χ0) is 19.7. The van der Waals surface area contributed by atoms with Crippen molar-refractivity contribution in [1.82, 2.24) is 15.0 Å². The van der Waals surface area contributed by atoms with Crippen LogP contribution in [0.5, 0.6) is 5.75 Å². The lowest BCUT2D eigenvalue weighted by atomic mass is 10.1. The minimum atomic E-state index is -3.91. The number of aryl methyl sites for hydroxylation is 1. The van der Waals surface area contributed by atoms with Crippen molar-refractivity contribution in [3.05, 3.63) is 72.6 Å². The molecule has 0 radical (unpaired) electrons. The van der Waals surface area contributed by atoms with Gasteiger partial charge >= 0.3 is 0 Å². The van der Waals surface area contributed by atoms with Crippen LogP contribution in [0.2, 0.25) is 0 Å². The molecule has 7 nitrogen and oxygen atoms in total. The number of sulfonamides is 1.